The monoisotopic (exact) mass is 439 g/mol. The summed E-state index contributed by atoms with van der Waals surface area (Å²) in [6, 6.07) is 14.8. The van der Waals surface area contributed by atoms with Crippen molar-refractivity contribution in [3.05, 3.63) is 70.3 Å². The smallest absolute Gasteiger partial charge is 0.266 e. The lowest BCUT2D eigenvalue weighted by molar-refractivity contribution is -0.133. The summed E-state index contributed by atoms with van der Waals surface area (Å²) in [4.78, 5) is 33.4. The third-order valence-electron chi connectivity index (χ3n) is 5.60. The molecule has 0 aliphatic heterocycles. The number of nitrogens with zero attached hydrogens (tertiary/aromatic N) is 3. The van der Waals surface area contributed by atoms with Crippen LogP contribution in [-0.2, 0) is 4.79 Å². The third-order valence-corrected chi connectivity index (χ3v) is 5.86. The number of aryl methyl sites for hydroxylation is 1. The van der Waals surface area contributed by atoms with Crippen molar-refractivity contribution in [3.8, 4) is 5.69 Å². The minimum Gasteiger partial charge on any atom is -0.333 e. The van der Waals surface area contributed by atoms with Crippen molar-refractivity contribution in [1.82, 2.24) is 14.5 Å². The highest BCUT2D eigenvalue weighted by Gasteiger charge is 2.26. The molecule has 1 atom stereocenters. The molecule has 1 amide bonds. The molecule has 0 aliphatic rings. The van der Waals surface area contributed by atoms with Crippen molar-refractivity contribution < 1.29 is 4.79 Å². The summed E-state index contributed by atoms with van der Waals surface area (Å²) in [5.41, 5.74) is 2.29. The number of alkyl halides is 1. The molecule has 2 aromatic carbocycles. The fraction of sp³-hybridized carbons (Fsp3) is 0.400. The maximum Gasteiger partial charge on any atom is 0.266 e. The van der Waals surface area contributed by atoms with Gasteiger partial charge in [0.1, 0.15) is 5.82 Å². The van der Waals surface area contributed by atoms with E-state index < -0.39 is 0 Å². The number of unbranched alkanes of at least 4 members (excludes halogenated alkanes) is 1. The van der Waals surface area contributed by atoms with E-state index in [0.29, 0.717) is 42.0 Å². The van der Waals surface area contributed by atoms with Crippen LogP contribution >= 0.6 is 11.6 Å². The van der Waals surface area contributed by atoms with Crippen LogP contribution in [0.2, 0.25) is 0 Å². The van der Waals surface area contributed by atoms with Gasteiger partial charge in [-0.25, -0.2) is 4.98 Å². The Bertz CT molecular complexity index is 1110. The van der Waals surface area contributed by atoms with E-state index in [1.807, 2.05) is 61.2 Å². The first kappa shape index (κ1) is 23.0. The Labute approximate surface area is 188 Å². The molecule has 5 nitrogen and oxygen atoms in total. The molecule has 0 aliphatic carbocycles. The molecule has 3 aromatic rings. The molecule has 0 fully saturated rings. The fourth-order valence-corrected chi connectivity index (χ4v) is 3.97. The van der Waals surface area contributed by atoms with Crippen LogP contribution in [0.15, 0.2) is 53.3 Å². The summed E-state index contributed by atoms with van der Waals surface area (Å²) in [6.07, 6.45) is 2.88. The van der Waals surface area contributed by atoms with E-state index in [-0.39, 0.29) is 17.5 Å². The SMILES string of the molecule is CCCCN(C(=O)CCCCl)C(C)c1nc2ccccc2c(=O)n1-c1ccccc1C. The normalized spacial score (nSPS) is 12.1. The molecular weight excluding hydrogens is 410 g/mol. The van der Waals surface area contributed by atoms with Gasteiger partial charge in [0.15, 0.2) is 0 Å². The first-order valence-corrected chi connectivity index (χ1v) is 11.5. The Morgan fingerprint density at radius 3 is 2.55 bits per heavy atom. The Balaban J connectivity index is 2.21. The predicted molar refractivity (Wildman–Crippen MR) is 127 cm³/mol. The summed E-state index contributed by atoms with van der Waals surface area (Å²) in [6.45, 7) is 6.66. The number of para-hydroxylation sites is 2. The molecule has 0 N–H and O–H groups in total. The fourth-order valence-electron chi connectivity index (χ4n) is 3.84. The Morgan fingerprint density at radius 2 is 1.84 bits per heavy atom. The third kappa shape index (κ3) is 4.99. The topological polar surface area (TPSA) is 55.2 Å². The van der Waals surface area contributed by atoms with Crippen LogP contribution < -0.4 is 5.56 Å². The highest BCUT2D eigenvalue weighted by Crippen LogP contribution is 2.25. The zero-order valence-corrected chi connectivity index (χ0v) is 19.2. The second-order valence-corrected chi connectivity index (χ2v) is 8.20. The van der Waals surface area contributed by atoms with Gasteiger partial charge in [-0.2, -0.15) is 0 Å². The molecule has 6 heteroatoms. The van der Waals surface area contributed by atoms with E-state index in [9.17, 15) is 9.59 Å². The minimum atomic E-state index is -0.355. The zero-order chi connectivity index (χ0) is 22.4. The number of hydrogen-bond acceptors (Lipinski definition) is 3. The standard InChI is InChI=1S/C25H30ClN3O2/c1-4-5-17-28(23(30)15-10-16-26)19(3)24-27-21-13-8-7-12-20(21)25(31)29(24)22-14-9-6-11-18(22)2/h6-9,11-14,19H,4-5,10,15-17H2,1-3H3. The lowest BCUT2D eigenvalue weighted by Gasteiger charge is -2.31. The number of halogens is 1. The molecule has 0 bridgehead atoms. The number of carbonyl (C=O) groups is 1. The van der Waals surface area contributed by atoms with Crippen molar-refractivity contribution in [2.75, 3.05) is 12.4 Å². The van der Waals surface area contributed by atoms with E-state index >= 15 is 0 Å². The van der Waals surface area contributed by atoms with Gasteiger partial charge in [-0.15, -0.1) is 11.6 Å². The molecule has 1 aromatic heterocycles. The molecular formula is C25H30ClN3O2. The lowest BCUT2D eigenvalue weighted by Crippen LogP contribution is -2.38. The quantitative estimate of drug-likeness (QED) is 0.419. The highest BCUT2D eigenvalue weighted by molar-refractivity contribution is 6.17. The Morgan fingerprint density at radius 1 is 1.13 bits per heavy atom. The summed E-state index contributed by atoms with van der Waals surface area (Å²) >= 11 is 5.83. The van der Waals surface area contributed by atoms with Gasteiger partial charge < -0.3 is 4.90 Å². The van der Waals surface area contributed by atoms with E-state index in [0.717, 1.165) is 24.1 Å². The van der Waals surface area contributed by atoms with Gasteiger partial charge in [-0.3, -0.25) is 14.2 Å². The van der Waals surface area contributed by atoms with Gasteiger partial charge in [-0.1, -0.05) is 43.7 Å². The summed E-state index contributed by atoms with van der Waals surface area (Å²) in [5.74, 6) is 1.07. The molecule has 0 spiro atoms. The number of fused-ring (bicyclic) bond motifs is 1. The van der Waals surface area contributed by atoms with E-state index in [2.05, 4.69) is 6.92 Å². The van der Waals surface area contributed by atoms with Crippen molar-refractivity contribution in [3.63, 3.8) is 0 Å². The lowest BCUT2D eigenvalue weighted by atomic mass is 10.1. The predicted octanol–water partition coefficient (Wildman–Crippen LogP) is 5.40. The maximum absolute atomic E-state index is 13.6. The number of benzene rings is 2. The number of amides is 1. The van der Waals surface area contributed by atoms with Crippen LogP contribution in [0.3, 0.4) is 0 Å². The van der Waals surface area contributed by atoms with Gasteiger partial charge in [0.2, 0.25) is 5.91 Å². The van der Waals surface area contributed by atoms with Gasteiger partial charge in [-0.05, 0) is 50.5 Å². The maximum atomic E-state index is 13.6. The molecule has 3 rings (SSSR count). The van der Waals surface area contributed by atoms with Crippen LogP contribution in [0.4, 0.5) is 0 Å². The first-order valence-electron chi connectivity index (χ1n) is 10.9. The molecule has 0 saturated carbocycles. The van der Waals surface area contributed by atoms with Crippen molar-refractivity contribution in [2.45, 2.75) is 52.5 Å². The second-order valence-electron chi connectivity index (χ2n) is 7.82. The molecule has 31 heavy (non-hydrogen) atoms. The van der Waals surface area contributed by atoms with E-state index in [4.69, 9.17) is 16.6 Å². The molecule has 0 saturated heterocycles. The largest absolute Gasteiger partial charge is 0.333 e. The molecule has 164 valence electrons. The summed E-state index contributed by atoms with van der Waals surface area (Å²) in [5, 5.41) is 0.565. The minimum absolute atomic E-state index is 0.0420. The Hall–Kier alpha value is -2.66. The molecule has 1 unspecified atom stereocenters. The summed E-state index contributed by atoms with van der Waals surface area (Å²) < 4.78 is 1.68. The second kappa shape index (κ2) is 10.6. The zero-order valence-electron chi connectivity index (χ0n) is 18.5. The van der Waals surface area contributed by atoms with Crippen molar-refractivity contribution in [1.29, 1.82) is 0 Å². The van der Waals surface area contributed by atoms with E-state index in [1.54, 1.807) is 10.6 Å². The molecule has 0 radical (unpaired) electrons. The summed E-state index contributed by atoms with van der Waals surface area (Å²) in [7, 11) is 0. The van der Waals surface area contributed by atoms with Crippen LogP contribution in [0.5, 0.6) is 0 Å². The van der Waals surface area contributed by atoms with Crippen LogP contribution in [0, 0.1) is 6.92 Å². The van der Waals surface area contributed by atoms with Gasteiger partial charge in [0.05, 0.1) is 22.6 Å². The van der Waals surface area contributed by atoms with Crippen LogP contribution in [-0.4, -0.2) is 32.8 Å². The van der Waals surface area contributed by atoms with Crippen molar-refractivity contribution in [2.24, 2.45) is 0 Å². The van der Waals surface area contributed by atoms with Gasteiger partial charge in [0, 0.05) is 18.8 Å². The van der Waals surface area contributed by atoms with Gasteiger partial charge >= 0.3 is 0 Å². The van der Waals surface area contributed by atoms with Crippen LogP contribution in [0.25, 0.3) is 16.6 Å². The highest BCUT2D eigenvalue weighted by atomic mass is 35.5. The van der Waals surface area contributed by atoms with Crippen molar-refractivity contribution >= 4 is 28.4 Å². The molecule has 1 heterocycles. The average molecular weight is 440 g/mol. The van der Waals surface area contributed by atoms with Gasteiger partial charge in [0.25, 0.3) is 5.56 Å². The Kier molecular flexibility index (Phi) is 7.85. The number of rotatable bonds is 9. The van der Waals surface area contributed by atoms with Crippen LogP contribution in [0.1, 0.15) is 57.0 Å². The number of hydrogen-bond donors (Lipinski definition) is 0. The average Bonchev–Trinajstić information content (AvgIpc) is 2.78. The first-order chi connectivity index (χ1) is 15.0. The van der Waals surface area contributed by atoms with E-state index in [1.165, 1.54) is 0 Å². The number of aromatic nitrogens is 2. The number of carbonyl (C=O) groups excluding carboxylic acids is 1.